The molecule has 1 atom stereocenters. The minimum Gasteiger partial charge on any atom is -0.471 e. The molecule has 2 aromatic rings. The first kappa shape index (κ1) is 23.0. The molecule has 4 rings (SSSR count). The van der Waals surface area contributed by atoms with Gasteiger partial charge in [-0.1, -0.05) is 0 Å². The summed E-state index contributed by atoms with van der Waals surface area (Å²) >= 11 is 0. The number of rotatable bonds is 8. The third-order valence-electron chi connectivity index (χ3n) is 5.96. The molecule has 0 spiro atoms. The number of fused-ring (bicyclic) bond motifs is 1. The van der Waals surface area contributed by atoms with Gasteiger partial charge in [0, 0.05) is 49.1 Å². The summed E-state index contributed by atoms with van der Waals surface area (Å²) in [4.78, 5) is 35.7. The van der Waals surface area contributed by atoms with E-state index < -0.39 is 24.0 Å². The second kappa shape index (κ2) is 8.33. The van der Waals surface area contributed by atoms with Crippen LogP contribution in [0.4, 0.5) is 8.78 Å². The lowest BCUT2D eigenvalue weighted by molar-refractivity contribution is -0.0244. The smallest absolute Gasteiger partial charge is 0.278 e. The van der Waals surface area contributed by atoms with E-state index >= 15 is 0 Å². The first-order chi connectivity index (χ1) is 15.5. The topological polar surface area (TPSA) is 105 Å². The van der Waals surface area contributed by atoms with Crippen LogP contribution in [0.5, 0.6) is 5.88 Å². The summed E-state index contributed by atoms with van der Waals surface area (Å²) in [5.41, 5.74) is 1.55. The molecule has 1 unspecified atom stereocenters. The zero-order valence-corrected chi connectivity index (χ0v) is 18.7. The van der Waals surface area contributed by atoms with Gasteiger partial charge in [-0.25, -0.2) is 13.8 Å². The van der Waals surface area contributed by atoms with Gasteiger partial charge < -0.3 is 20.1 Å². The predicted molar refractivity (Wildman–Crippen MR) is 114 cm³/mol. The van der Waals surface area contributed by atoms with Gasteiger partial charge in [-0.3, -0.25) is 14.6 Å². The fourth-order valence-electron chi connectivity index (χ4n) is 3.75. The Morgan fingerprint density at radius 3 is 2.76 bits per heavy atom. The Balaban J connectivity index is 1.50. The van der Waals surface area contributed by atoms with Crippen molar-refractivity contribution in [1.29, 1.82) is 0 Å². The number of carbonyl (C=O) groups is 2. The minimum absolute atomic E-state index is 0.115. The molecule has 1 saturated carbocycles. The van der Waals surface area contributed by atoms with Gasteiger partial charge in [-0.15, -0.1) is 0 Å². The molecule has 0 saturated heterocycles. The number of ether oxygens (including phenoxy) is 1. The number of hydrogen-bond acceptors (Lipinski definition) is 6. The van der Waals surface area contributed by atoms with Crippen molar-refractivity contribution in [2.75, 3.05) is 13.2 Å². The number of pyridine rings is 2. The second-order valence-electron chi connectivity index (χ2n) is 8.95. The Kier molecular flexibility index (Phi) is 5.81. The molecular weight excluding hydrogens is 434 g/mol. The summed E-state index contributed by atoms with van der Waals surface area (Å²) in [6.45, 7) is 3.87. The zero-order chi connectivity index (χ0) is 24.0. The number of hydrogen-bond donors (Lipinski definition) is 2. The zero-order valence-electron chi connectivity index (χ0n) is 18.7. The summed E-state index contributed by atoms with van der Waals surface area (Å²) < 4.78 is 31.3. The van der Waals surface area contributed by atoms with Crippen LogP contribution < -0.4 is 10.1 Å². The molecule has 1 aliphatic carbocycles. The standard InChI is InChI=1S/C23H26F2N4O4/c1-13-8-15(9-27-20(13)33-12-22(3,24)25)14(2)29-10-17-16(21(29)31)4-7-26-18(17)19(30)28-11-23(32)5-6-23/h4,7-9,14,32H,5-6,10-12H2,1-3H3,(H,28,30). The van der Waals surface area contributed by atoms with Gasteiger partial charge in [0.2, 0.25) is 5.88 Å². The van der Waals surface area contributed by atoms with E-state index in [2.05, 4.69) is 15.3 Å². The van der Waals surface area contributed by atoms with Crippen molar-refractivity contribution >= 4 is 11.8 Å². The van der Waals surface area contributed by atoms with Gasteiger partial charge >= 0.3 is 0 Å². The van der Waals surface area contributed by atoms with E-state index in [0.717, 1.165) is 6.92 Å². The molecule has 2 amide bonds. The molecule has 8 nitrogen and oxygen atoms in total. The van der Waals surface area contributed by atoms with Crippen molar-refractivity contribution in [2.24, 2.45) is 0 Å². The summed E-state index contributed by atoms with van der Waals surface area (Å²) in [6.07, 6.45) is 4.22. The number of alkyl halides is 2. The molecule has 33 heavy (non-hydrogen) atoms. The van der Waals surface area contributed by atoms with Crippen LogP contribution in [0.1, 0.15) is 70.3 Å². The Morgan fingerprint density at radius 2 is 2.12 bits per heavy atom. The minimum atomic E-state index is -2.97. The largest absolute Gasteiger partial charge is 0.471 e. The lowest BCUT2D eigenvalue weighted by atomic mass is 10.1. The van der Waals surface area contributed by atoms with Crippen molar-refractivity contribution in [2.45, 2.75) is 57.7 Å². The molecule has 2 aromatic heterocycles. The summed E-state index contributed by atoms with van der Waals surface area (Å²) in [5.74, 6) is -3.52. The Morgan fingerprint density at radius 1 is 1.39 bits per heavy atom. The van der Waals surface area contributed by atoms with Gasteiger partial charge in [0.05, 0.1) is 11.6 Å². The van der Waals surface area contributed by atoms with Crippen LogP contribution in [-0.4, -0.2) is 56.5 Å². The number of halogens is 2. The normalized spacial score (nSPS) is 17.5. The van der Waals surface area contributed by atoms with Crippen LogP contribution >= 0.6 is 0 Å². The van der Waals surface area contributed by atoms with Crippen LogP contribution in [0.2, 0.25) is 0 Å². The van der Waals surface area contributed by atoms with Crippen LogP contribution in [0.3, 0.4) is 0 Å². The van der Waals surface area contributed by atoms with Crippen LogP contribution in [0.15, 0.2) is 24.5 Å². The highest BCUT2D eigenvalue weighted by Gasteiger charge is 2.41. The SMILES string of the molecule is Cc1cc(C(C)N2Cc3c(ccnc3C(=O)NCC3(O)CC3)C2=O)cnc1OCC(C)(F)F. The fraction of sp³-hybridized carbons (Fsp3) is 0.478. The van der Waals surface area contributed by atoms with E-state index in [9.17, 15) is 23.5 Å². The van der Waals surface area contributed by atoms with Crippen LogP contribution in [0, 0.1) is 6.92 Å². The Bertz CT molecular complexity index is 1100. The van der Waals surface area contributed by atoms with E-state index in [0.29, 0.717) is 35.1 Å². The second-order valence-corrected chi connectivity index (χ2v) is 8.95. The quantitative estimate of drug-likeness (QED) is 0.628. The average Bonchev–Trinajstić information content (AvgIpc) is 3.41. The molecular formula is C23H26F2N4O4. The van der Waals surface area contributed by atoms with Crippen LogP contribution in [-0.2, 0) is 6.54 Å². The predicted octanol–water partition coefficient (Wildman–Crippen LogP) is 2.79. The van der Waals surface area contributed by atoms with Gasteiger partial charge in [-0.05, 0) is 44.4 Å². The molecule has 10 heteroatoms. The van der Waals surface area contributed by atoms with Crippen molar-refractivity contribution in [3.63, 3.8) is 0 Å². The van der Waals surface area contributed by atoms with Crippen molar-refractivity contribution in [1.82, 2.24) is 20.2 Å². The van der Waals surface area contributed by atoms with Crippen molar-refractivity contribution < 1.29 is 28.2 Å². The number of aromatic nitrogens is 2. The Hall–Kier alpha value is -3.14. The van der Waals surface area contributed by atoms with Crippen LogP contribution in [0.25, 0.3) is 0 Å². The third-order valence-corrected chi connectivity index (χ3v) is 5.96. The molecule has 176 valence electrons. The molecule has 1 aliphatic heterocycles. The van der Waals surface area contributed by atoms with E-state index in [4.69, 9.17) is 4.74 Å². The summed E-state index contributed by atoms with van der Waals surface area (Å²) in [5, 5.41) is 12.7. The highest BCUT2D eigenvalue weighted by Crippen LogP contribution is 2.35. The van der Waals surface area contributed by atoms with E-state index in [1.807, 2.05) is 6.92 Å². The van der Waals surface area contributed by atoms with Gasteiger partial charge in [-0.2, -0.15) is 0 Å². The number of amides is 2. The number of nitrogens with zero attached hydrogens (tertiary/aromatic N) is 3. The maximum absolute atomic E-state index is 13.1. The summed E-state index contributed by atoms with van der Waals surface area (Å²) in [6, 6.07) is 2.95. The lowest BCUT2D eigenvalue weighted by Gasteiger charge is -2.25. The molecule has 0 bridgehead atoms. The van der Waals surface area contributed by atoms with E-state index in [1.54, 1.807) is 24.0 Å². The number of nitrogens with one attached hydrogen (secondary N) is 1. The molecule has 0 aromatic carbocycles. The maximum Gasteiger partial charge on any atom is 0.278 e. The molecule has 0 radical (unpaired) electrons. The number of aryl methyl sites for hydroxylation is 1. The van der Waals surface area contributed by atoms with E-state index in [1.165, 1.54) is 12.4 Å². The average molecular weight is 460 g/mol. The summed E-state index contributed by atoms with van der Waals surface area (Å²) in [7, 11) is 0. The first-order valence-electron chi connectivity index (χ1n) is 10.7. The van der Waals surface area contributed by atoms with Gasteiger partial charge in [0.1, 0.15) is 5.69 Å². The van der Waals surface area contributed by atoms with E-state index in [-0.39, 0.29) is 36.6 Å². The molecule has 3 heterocycles. The fourth-order valence-corrected chi connectivity index (χ4v) is 3.75. The highest BCUT2D eigenvalue weighted by molar-refractivity contribution is 6.03. The highest BCUT2D eigenvalue weighted by atomic mass is 19.3. The van der Waals surface area contributed by atoms with Gasteiger partial charge in [0.25, 0.3) is 17.7 Å². The lowest BCUT2D eigenvalue weighted by Crippen LogP contribution is -2.34. The molecule has 2 N–H and O–H groups in total. The Labute approximate surface area is 190 Å². The molecule has 2 aliphatic rings. The van der Waals surface area contributed by atoms with Crippen molar-refractivity contribution in [3.8, 4) is 5.88 Å². The molecule has 1 fully saturated rings. The van der Waals surface area contributed by atoms with Crippen molar-refractivity contribution in [3.05, 3.63) is 52.5 Å². The first-order valence-corrected chi connectivity index (χ1v) is 10.7. The number of carbonyl (C=O) groups excluding carboxylic acids is 2. The number of aliphatic hydroxyl groups is 1. The maximum atomic E-state index is 13.1. The van der Waals surface area contributed by atoms with Gasteiger partial charge in [0.15, 0.2) is 6.61 Å². The third kappa shape index (κ3) is 4.95. The monoisotopic (exact) mass is 460 g/mol.